The molecule has 0 unspecified atom stereocenters. The monoisotopic (exact) mass is 191 g/mol. The van der Waals surface area contributed by atoms with E-state index >= 15 is 0 Å². The maximum atomic E-state index is 8.59. The van der Waals surface area contributed by atoms with E-state index in [4.69, 9.17) is 5.21 Å². The third-order valence-electron chi connectivity index (χ3n) is 3.24. The van der Waals surface area contributed by atoms with E-state index in [0.717, 1.165) is 5.56 Å². The van der Waals surface area contributed by atoms with Crippen LogP contribution < -0.4 is 0 Å². The molecule has 0 spiro atoms. The fourth-order valence-corrected chi connectivity index (χ4v) is 1.78. The molecule has 0 aliphatic rings. The topological polar surface area (TPSA) is 32.6 Å². The number of benzene rings is 1. The molecular weight excluding hydrogens is 174 g/mol. The van der Waals surface area contributed by atoms with Crippen molar-refractivity contribution >= 4 is 6.21 Å². The van der Waals surface area contributed by atoms with E-state index in [1.54, 1.807) is 0 Å². The van der Waals surface area contributed by atoms with Gasteiger partial charge in [0.15, 0.2) is 0 Å². The van der Waals surface area contributed by atoms with E-state index < -0.39 is 0 Å². The van der Waals surface area contributed by atoms with Gasteiger partial charge in [-0.15, -0.1) is 0 Å². The molecule has 1 N–H and O–H groups in total. The maximum Gasteiger partial charge on any atom is 0.0739 e. The molecular formula is C12H17NO. The van der Waals surface area contributed by atoms with E-state index in [0.29, 0.717) is 0 Å². The van der Waals surface area contributed by atoms with E-state index in [9.17, 15) is 0 Å². The van der Waals surface area contributed by atoms with Crippen LogP contribution in [0.3, 0.4) is 0 Å². The van der Waals surface area contributed by atoms with Crippen molar-refractivity contribution in [3.05, 3.63) is 33.4 Å². The van der Waals surface area contributed by atoms with Gasteiger partial charge in [-0.3, -0.25) is 0 Å². The zero-order valence-corrected chi connectivity index (χ0v) is 9.47. The predicted molar refractivity (Wildman–Crippen MR) is 59.5 cm³/mol. The van der Waals surface area contributed by atoms with Crippen molar-refractivity contribution < 1.29 is 5.21 Å². The molecule has 1 aromatic carbocycles. The number of rotatable bonds is 1. The Morgan fingerprint density at radius 2 is 1.14 bits per heavy atom. The molecule has 0 bridgehead atoms. The normalized spacial score (nSPS) is 11.2. The Hall–Kier alpha value is -1.31. The lowest BCUT2D eigenvalue weighted by Gasteiger charge is -2.15. The second-order valence-corrected chi connectivity index (χ2v) is 3.78. The zero-order chi connectivity index (χ0) is 10.9. The van der Waals surface area contributed by atoms with E-state index in [2.05, 4.69) is 39.8 Å². The van der Waals surface area contributed by atoms with Gasteiger partial charge in [-0.2, -0.15) is 0 Å². The molecule has 1 aromatic rings. The highest BCUT2D eigenvalue weighted by molar-refractivity contribution is 5.85. The van der Waals surface area contributed by atoms with Crippen LogP contribution in [0.1, 0.15) is 33.4 Å². The van der Waals surface area contributed by atoms with Crippen LogP contribution in [0, 0.1) is 34.6 Å². The third kappa shape index (κ3) is 1.52. The van der Waals surface area contributed by atoms with Gasteiger partial charge in [-0.25, -0.2) is 0 Å². The summed E-state index contributed by atoms with van der Waals surface area (Å²) >= 11 is 0. The average Bonchev–Trinajstić information content (AvgIpc) is 2.19. The van der Waals surface area contributed by atoms with Gasteiger partial charge in [-0.1, -0.05) is 5.16 Å². The summed E-state index contributed by atoms with van der Waals surface area (Å²) in [5.74, 6) is 0. The second kappa shape index (κ2) is 3.82. The summed E-state index contributed by atoms with van der Waals surface area (Å²) in [6, 6.07) is 0. The van der Waals surface area contributed by atoms with Gasteiger partial charge in [0.2, 0.25) is 0 Å². The maximum absolute atomic E-state index is 8.59. The Morgan fingerprint density at radius 1 is 0.786 bits per heavy atom. The summed E-state index contributed by atoms with van der Waals surface area (Å²) in [6.07, 6.45) is 1.52. The lowest BCUT2D eigenvalue weighted by molar-refractivity contribution is 0.322. The zero-order valence-electron chi connectivity index (χ0n) is 9.47. The number of hydrogen-bond donors (Lipinski definition) is 1. The summed E-state index contributed by atoms with van der Waals surface area (Å²) in [4.78, 5) is 0. The van der Waals surface area contributed by atoms with Crippen molar-refractivity contribution in [3.8, 4) is 0 Å². The number of nitrogens with zero attached hydrogens (tertiary/aromatic N) is 1. The van der Waals surface area contributed by atoms with E-state index in [1.165, 1.54) is 34.0 Å². The van der Waals surface area contributed by atoms with Crippen LogP contribution >= 0.6 is 0 Å². The van der Waals surface area contributed by atoms with Crippen LogP contribution in [0.2, 0.25) is 0 Å². The van der Waals surface area contributed by atoms with Crippen LogP contribution in [-0.2, 0) is 0 Å². The van der Waals surface area contributed by atoms with Crippen molar-refractivity contribution in [2.75, 3.05) is 0 Å². The summed E-state index contributed by atoms with van der Waals surface area (Å²) in [6.45, 7) is 10.5. The standard InChI is InChI=1S/C12H17NO/c1-7-8(2)10(4)12(6-13-14)11(5)9(7)3/h6,14H,1-5H3/b13-6-. The predicted octanol–water partition coefficient (Wildman–Crippen LogP) is 3.04. The molecule has 0 aromatic heterocycles. The Kier molecular flexibility index (Phi) is 2.94. The first kappa shape index (κ1) is 10.8. The fraction of sp³-hybridized carbons (Fsp3) is 0.417. The fourth-order valence-electron chi connectivity index (χ4n) is 1.78. The molecule has 0 radical (unpaired) electrons. The van der Waals surface area contributed by atoms with Gasteiger partial charge in [0.25, 0.3) is 0 Å². The third-order valence-corrected chi connectivity index (χ3v) is 3.24. The first-order chi connectivity index (χ1) is 6.50. The van der Waals surface area contributed by atoms with Crippen molar-refractivity contribution in [2.45, 2.75) is 34.6 Å². The Morgan fingerprint density at radius 3 is 1.50 bits per heavy atom. The SMILES string of the molecule is Cc1c(C)c(C)c(/C=N\O)c(C)c1C. The van der Waals surface area contributed by atoms with Gasteiger partial charge in [0, 0.05) is 5.56 Å². The van der Waals surface area contributed by atoms with Crippen LogP contribution in [-0.4, -0.2) is 11.4 Å². The lowest BCUT2D eigenvalue weighted by atomic mass is 9.90. The largest absolute Gasteiger partial charge is 0.411 e. The smallest absolute Gasteiger partial charge is 0.0739 e. The van der Waals surface area contributed by atoms with Crippen molar-refractivity contribution in [1.82, 2.24) is 0 Å². The molecule has 0 aliphatic carbocycles. The molecule has 0 atom stereocenters. The van der Waals surface area contributed by atoms with Crippen molar-refractivity contribution in [2.24, 2.45) is 5.16 Å². The molecule has 0 heterocycles. The van der Waals surface area contributed by atoms with Crippen LogP contribution in [0.5, 0.6) is 0 Å². The van der Waals surface area contributed by atoms with Crippen molar-refractivity contribution in [3.63, 3.8) is 0 Å². The molecule has 0 saturated carbocycles. The second-order valence-electron chi connectivity index (χ2n) is 3.78. The Bertz CT molecular complexity index is 363. The van der Waals surface area contributed by atoms with Crippen LogP contribution in [0.15, 0.2) is 5.16 Å². The van der Waals surface area contributed by atoms with Gasteiger partial charge < -0.3 is 5.21 Å². The van der Waals surface area contributed by atoms with Gasteiger partial charge in [0.05, 0.1) is 6.21 Å². The lowest BCUT2D eigenvalue weighted by Crippen LogP contribution is -2.01. The molecule has 2 nitrogen and oxygen atoms in total. The Balaban J connectivity index is 3.59. The summed E-state index contributed by atoms with van der Waals surface area (Å²) in [5.41, 5.74) is 7.32. The van der Waals surface area contributed by atoms with Gasteiger partial charge in [0.1, 0.15) is 0 Å². The minimum Gasteiger partial charge on any atom is -0.411 e. The molecule has 0 saturated heterocycles. The molecule has 0 aliphatic heterocycles. The van der Waals surface area contributed by atoms with Gasteiger partial charge in [-0.05, 0) is 62.4 Å². The quantitative estimate of drug-likeness (QED) is 0.413. The Labute approximate surface area is 85.3 Å². The molecule has 2 heteroatoms. The van der Waals surface area contributed by atoms with E-state index in [1.807, 2.05) is 0 Å². The molecule has 76 valence electrons. The molecule has 0 amide bonds. The molecule has 0 fully saturated rings. The first-order valence-corrected chi connectivity index (χ1v) is 4.75. The highest BCUT2D eigenvalue weighted by Crippen LogP contribution is 2.24. The minimum atomic E-state index is 1.04. The summed E-state index contributed by atoms with van der Waals surface area (Å²) in [5, 5.41) is 11.7. The van der Waals surface area contributed by atoms with Crippen LogP contribution in [0.4, 0.5) is 0 Å². The summed E-state index contributed by atoms with van der Waals surface area (Å²) in [7, 11) is 0. The average molecular weight is 191 g/mol. The van der Waals surface area contributed by atoms with Crippen molar-refractivity contribution in [1.29, 1.82) is 0 Å². The highest BCUT2D eigenvalue weighted by atomic mass is 16.4. The minimum absolute atomic E-state index is 1.04. The number of hydrogen-bond acceptors (Lipinski definition) is 2. The number of oxime groups is 1. The van der Waals surface area contributed by atoms with E-state index in [-0.39, 0.29) is 0 Å². The first-order valence-electron chi connectivity index (χ1n) is 4.75. The molecule has 1 rings (SSSR count). The summed E-state index contributed by atoms with van der Waals surface area (Å²) < 4.78 is 0. The highest BCUT2D eigenvalue weighted by Gasteiger charge is 2.10. The van der Waals surface area contributed by atoms with Gasteiger partial charge >= 0.3 is 0 Å². The molecule has 14 heavy (non-hydrogen) atoms. The van der Waals surface area contributed by atoms with Crippen LogP contribution in [0.25, 0.3) is 0 Å².